The summed E-state index contributed by atoms with van der Waals surface area (Å²) >= 11 is 5.41. The first-order valence-corrected chi connectivity index (χ1v) is 11.5. The molecule has 2 aromatic carbocycles. The quantitative estimate of drug-likeness (QED) is 0.506. The van der Waals surface area contributed by atoms with Gasteiger partial charge in [-0.05, 0) is 62.8 Å². The molecule has 3 aromatic rings. The van der Waals surface area contributed by atoms with Crippen LogP contribution in [0, 0.1) is 11.6 Å². The summed E-state index contributed by atoms with van der Waals surface area (Å²) in [6.45, 7) is 4.93. The molecule has 2 atom stereocenters. The van der Waals surface area contributed by atoms with Crippen LogP contribution in [0.25, 0.3) is 10.8 Å². The van der Waals surface area contributed by atoms with E-state index in [9.17, 15) is 23.2 Å². The van der Waals surface area contributed by atoms with Crippen molar-refractivity contribution in [2.45, 2.75) is 38.5 Å². The van der Waals surface area contributed by atoms with Crippen molar-refractivity contribution < 1.29 is 23.1 Å². The Morgan fingerprint density at radius 1 is 1.11 bits per heavy atom. The molecule has 0 radical (unpaired) electrons. The lowest BCUT2D eigenvalue weighted by atomic mass is 9.87. The molecular formula is C24H21F2N5O4S. The van der Waals surface area contributed by atoms with E-state index in [1.54, 1.807) is 20.8 Å². The Balaban J connectivity index is 1.87. The minimum absolute atomic E-state index is 0.0314. The van der Waals surface area contributed by atoms with Crippen LogP contribution >= 0.6 is 12.2 Å². The number of aromatic amines is 1. The third-order valence-electron chi connectivity index (χ3n) is 5.94. The van der Waals surface area contributed by atoms with Crippen LogP contribution in [0.15, 0.2) is 41.2 Å². The first-order chi connectivity index (χ1) is 17.0. The van der Waals surface area contributed by atoms with Crippen LogP contribution in [0.3, 0.4) is 0 Å². The highest BCUT2D eigenvalue weighted by Gasteiger charge is 2.49. The summed E-state index contributed by atoms with van der Waals surface area (Å²) in [5, 5.41) is 9.61. The van der Waals surface area contributed by atoms with Gasteiger partial charge < -0.3 is 10.1 Å². The van der Waals surface area contributed by atoms with Gasteiger partial charge in [-0.15, -0.1) is 0 Å². The molecule has 9 nitrogen and oxygen atoms in total. The highest BCUT2D eigenvalue weighted by atomic mass is 32.1. The lowest BCUT2D eigenvalue weighted by molar-refractivity contribution is -0.126. The lowest BCUT2D eigenvalue weighted by Gasteiger charge is -2.44. The molecule has 36 heavy (non-hydrogen) atoms. The maximum absolute atomic E-state index is 14.8. The number of rotatable bonds is 2. The summed E-state index contributed by atoms with van der Waals surface area (Å²) in [7, 11) is 0. The van der Waals surface area contributed by atoms with Crippen molar-refractivity contribution in [2.75, 3.05) is 11.4 Å². The van der Waals surface area contributed by atoms with E-state index < -0.39 is 46.9 Å². The van der Waals surface area contributed by atoms with E-state index in [0.29, 0.717) is 5.56 Å². The largest absolute Gasteiger partial charge is 0.443 e. The Kier molecular flexibility index (Phi) is 5.51. The van der Waals surface area contributed by atoms with Crippen LogP contribution in [-0.4, -0.2) is 44.4 Å². The molecule has 5 rings (SSSR count). The molecule has 2 aliphatic rings. The molecule has 2 unspecified atom stereocenters. The number of hydrogen-bond acceptors (Lipinski definition) is 6. The Bertz CT molecular complexity index is 1470. The number of ether oxygens (including phenoxy) is 1. The van der Waals surface area contributed by atoms with Gasteiger partial charge in [0, 0.05) is 5.39 Å². The fourth-order valence-corrected chi connectivity index (χ4v) is 4.89. The predicted octanol–water partition coefficient (Wildman–Crippen LogP) is 3.46. The van der Waals surface area contributed by atoms with Crippen molar-refractivity contribution in [3.8, 4) is 0 Å². The number of nitrogens with one attached hydrogen (secondary N) is 2. The van der Waals surface area contributed by atoms with Crippen molar-refractivity contribution in [3.05, 3.63) is 69.6 Å². The van der Waals surface area contributed by atoms with Gasteiger partial charge >= 0.3 is 6.09 Å². The molecule has 3 heterocycles. The zero-order valence-corrected chi connectivity index (χ0v) is 20.3. The van der Waals surface area contributed by atoms with Crippen LogP contribution in [0.2, 0.25) is 0 Å². The van der Waals surface area contributed by atoms with E-state index in [1.165, 1.54) is 34.1 Å². The van der Waals surface area contributed by atoms with Gasteiger partial charge in [0.05, 0.1) is 29.4 Å². The second-order valence-corrected chi connectivity index (χ2v) is 9.89. The molecule has 0 spiro atoms. The summed E-state index contributed by atoms with van der Waals surface area (Å²) in [6.07, 6.45) is -0.856. The summed E-state index contributed by atoms with van der Waals surface area (Å²) in [6, 6.07) is 5.36. The number of nitrogens with zero attached hydrogens (tertiary/aromatic N) is 3. The van der Waals surface area contributed by atoms with Gasteiger partial charge in [-0.3, -0.25) is 19.4 Å². The smallest absolute Gasteiger partial charge is 0.415 e. The predicted molar refractivity (Wildman–Crippen MR) is 130 cm³/mol. The average Bonchev–Trinajstić information content (AvgIpc) is 3.12. The second-order valence-electron chi connectivity index (χ2n) is 9.50. The van der Waals surface area contributed by atoms with E-state index >= 15 is 0 Å². The SMILES string of the molecule is CC(C)(C)OC(=O)N1c2cc(F)cc3c(=O)[nH]nc(c23)C(N2C(=O)CNC2=S)C1c1ccc(F)cc1. The minimum atomic E-state index is -1.06. The summed E-state index contributed by atoms with van der Waals surface area (Å²) < 4.78 is 34.3. The van der Waals surface area contributed by atoms with E-state index in [-0.39, 0.29) is 33.8 Å². The molecule has 2 amide bonds. The summed E-state index contributed by atoms with van der Waals surface area (Å²) in [5.41, 5.74) is -0.965. The Hall–Kier alpha value is -3.93. The number of benzene rings is 2. The number of anilines is 1. The van der Waals surface area contributed by atoms with Gasteiger partial charge in [-0.2, -0.15) is 5.10 Å². The number of halogens is 2. The molecule has 1 saturated heterocycles. The Morgan fingerprint density at radius 3 is 2.42 bits per heavy atom. The van der Waals surface area contributed by atoms with Crippen molar-refractivity contribution in [1.82, 2.24) is 20.4 Å². The van der Waals surface area contributed by atoms with Gasteiger partial charge in [-0.25, -0.2) is 18.7 Å². The van der Waals surface area contributed by atoms with Crippen LogP contribution < -0.4 is 15.8 Å². The molecule has 2 N–H and O–H groups in total. The van der Waals surface area contributed by atoms with Gasteiger partial charge in [0.25, 0.3) is 5.56 Å². The third kappa shape index (κ3) is 3.87. The number of carbonyl (C=O) groups is 2. The van der Waals surface area contributed by atoms with Crippen LogP contribution in [-0.2, 0) is 9.53 Å². The monoisotopic (exact) mass is 513 g/mol. The molecular weight excluding hydrogens is 492 g/mol. The zero-order chi connectivity index (χ0) is 25.9. The number of H-pyrrole nitrogens is 1. The van der Waals surface area contributed by atoms with Crippen molar-refractivity contribution in [2.24, 2.45) is 0 Å². The highest BCUT2D eigenvalue weighted by molar-refractivity contribution is 7.80. The van der Waals surface area contributed by atoms with E-state index in [2.05, 4.69) is 15.5 Å². The van der Waals surface area contributed by atoms with Crippen molar-refractivity contribution >= 4 is 45.8 Å². The third-order valence-corrected chi connectivity index (χ3v) is 6.28. The fourth-order valence-electron chi connectivity index (χ4n) is 4.61. The van der Waals surface area contributed by atoms with Gasteiger partial charge in [0.15, 0.2) is 5.11 Å². The maximum atomic E-state index is 14.8. The van der Waals surface area contributed by atoms with E-state index in [1.807, 2.05) is 0 Å². The van der Waals surface area contributed by atoms with E-state index in [4.69, 9.17) is 17.0 Å². The first-order valence-electron chi connectivity index (χ1n) is 11.1. The van der Waals surface area contributed by atoms with Gasteiger partial charge in [0.2, 0.25) is 5.91 Å². The normalized spacial score (nSPS) is 19.6. The second kappa shape index (κ2) is 8.33. The molecule has 12 heteroatoms. The number of carbonyl (C=O) groups excluding carboxylic acids is 2. The molecule has 0 aliphatic carbocycles. The highest BCUT2D eigenvalue weighted by Crippen LogP contribution is 2.50. The summed E-state index contributed by atoms with van der Waals surface area (Å²) in [5.74, 6) is -1.67. The van der Waals surface area contributed by atoms with Crippen LogP contribution in [0.1, 0.15) is 44.1 Å². The number of hydrogen-bond donors (Lipinski definition) is 2. The lowest BCUT2D eigenvalue weighted by Crippen LogP contribution is -2.50. The molecule has 1 aromatic heterocycles. The first kappa shape index (κ1) is 23.8. The number of thiocarbonyl (C=S) groups is 1. The number of amides is 2. The van der Waals surface area contributed by atoms with Crippen molar-refractivity contribution in [1.29, 1.82) is 0 Å². The zero-order valence-electron chi connectivity index (χ0n) is 19.5. The molecule has 0 saturated carbocycles. The minimum Gasteiger partial charge on any atom is -0.443 e. The molecule has 0 bridgehead atoms. The standard InChI is InChI=1S/C24H21F2N5O4S/c1-24(2,3)35-23(34)30-15-9-13(26)8-14-17(15)18(28-29-21(14)33)20(31-16(32)10-27-22(31)36)19(30)11-4-6-12(25)7-5-11/h4-9,19-20H,10H2,1-3H3,(H,27,36)(H,29,33). The number of aromatic nitrogens is 2. The van der Waals surface area contributed by atoms with Crippen LogP contribution in [0.5, 0.6) is 0 Å². The van der Waals surface area contributed by atoms with Crippen LogP contribution in [0.4, 0.5) is 19.3 Å². The topological polar surface area (TPSA) is 108 Å². The fraction of sp³-hybridized carbons (Fsp3) is 0.292. The van der Waals surface area contributed by atoms with Gasteiger partial charge in [0.1, 0.15) is 23.3 Å². The molecule has 2 aliphatic heterocycles. The van der Waals surface area contributed by atoms with Gasteiger partial charge in [-0.1, -0.05) is 12.1 Å². The maximum Gasteiger partial charge on any atom is 0.415 e. The summed E-state index contributed by atoms with van der Waals surface area (Å²) in [4.78, 5) is 41.8. The average molecular weight is 514 g/mol. The Labute approximate surface area is 209 Å². The Morgan fingerprint density at radius 2 is 1.81 bits per heavy atom. The van der Waals surface area contributed by atoms with Crippen molar-refractivity contribution in [3.63, 3.8) is 0 Å². The molecule has 186 valence electrons. The molecule has 1 fully saturated rings. The van der Waals surface area contributed by atoms with E-state index in [0.717, 1.165) is 12.1 Å².